The van der Waals surface area contributed by atoms with Gasteiger partial charge in [0.1, 0.15) is 17.0 Å². The molecule has 3 aromatic heterocycles. The number of pyridine rings is 1. The summed E-state index contributed by atoms with van der Waals surface area (Å²) in [6.07, 6.45) is 2.29. The molecule has 3 heterocycles. The van der Waals surface area contributed by atoms with E-state index in [2.05, 4.69) is 30.8 Å². The third-order valence-electron chi connectivity index (χ3n) is 4.44. The van der Waals surface area contributed by atoms with E-state index in [0.717, 1.165) is 16.7 Å². The summed E-state index contributed by atoms with van der Waals surface area (Å²) in [7, 11) is 1.73. The van der Waals surface area contributed by atoms with Crippen LogP contribution in [0.3, 0.4) is 0 Å². The first-order chi connectivity index (χ1) is 14.2. The number of guanidine groups is 1. The van der Waals surface area contributed by atoms with Crippen molar-refractivity contribution in [3.63, 3.8) is 0 Å². The summed E-state index contributed by atoms with van der Waals surface area (Å²) in [5.74, 6) is 2.55. The fourth-order valence-electron chi connectivity index (χ4n) is 2.93. The number of hydrogen-bond acceptors (Lipinski definition) is 6. The van der Waals surface area contributed by atoms with Crippen molar-refractivity contribution >= 4 is 40.9 Å². The summed E-state index contributed by atoms with van der Waals surface area (Å²) >= 11 is 0. The molecule has 4 rings (SSSR count). The Hall–Kier alpha value is -2.95. The number of fused-ring (bicyclic) bond motifs is 1. The molecule has 0 amide bonds. The van der Waals surface area contributed by atoms with E-state index in [1.807, 2.05) is 55.5 Å². The molecule has 0 bridgehead atoms. The summed E-state index contributed by atoms with van der Waals surface area (Å²) in [4.78, 5) is 12.9. The van der Waals surface area contributed by atoms with Crippen LogP contribution in [0, 0.1) is 0 Å². The van der Waals surface area contributed by atoms with Crippen LogP contribution in [0.1, 0.15) is 24.6 Å². The van der Waals surface area contributed by atoms with Crippen LogP contribution in [0.4, 0.5) is 0 Å². The van der Waals surface area contributed by atoms with Crippen LogP contribution in [0.15, 0.2) is 68.7 Å². The molecule has 0 saturated heterocycles. The van der Waals surface area contributed by atoms with Crippen LogP contribution < -0.4 is 10.6 Å². The monoisotopic (exact) mass is 518 g/mol. The second kappa shape index (κ2) is 10.2. The zero-order valence-corrected chi connectivity index (χ0v) is 19.0. The van der Waals surface area contributed by atoms with Crippen molar-refractivity contribution in [1.82, 2.24) is 25.8 Å². The molecule has 2 N–H and O–H groups in total. The fraction of sp³-hybridized carbons (Fsp3) is 0.238. The summed E-state index contributed by atoms with van der Waals surface area (Å²) in [6, 6.07) is 15.5. The highest BCUT2D eigenvalue weighted by molar-refractivity contribution is 14.0. The smallest absolute Gasteiger partial charge is 0.276 e. The lowest BCUT2D eigenvalue weighted by Crippen LogP contribution is -2.39. The van der Waals surface area contributed by atoms with Gasteiger partial charge in [0.15, 0.2) is 11.8 Å². The van der Waals surface area contributed by atoms with Crippen molar-refractivity contribution in [2.24, 2.45) is 4.99 Å². The van der Waals surface area contributed by atoms with Gasteiger partial charge in [-0.05, 0) is 31.2 Å². The van der Waals surface area contributed by atoms with Gasteiger partial charge in [0.05, 0.1) is 6.04 Å². The molecule has 1 atom stereocenters. The van der Waals surface area contributed by atoms with Crippen molar-refractivity contribution in [2.45, 2.75) is 19.4 Å². The zero-order chi connectivity index (χ0) is 20.1. The molecule has 9 heteroatoms. The molecule has 0 aliphatic heterocycles. The third kappa shape index (κ3) is 5.15. The quantitative estimate of drug-likeness (QED) is 0.226. The predicted octanol–water partition coefficient (Wildman–Crippen LogP) is 3.96. The van der Waals surface area contributed by atoms with Crippen molar-refractivity contribution in [3.8, 4) is 11.6 Å². The molecule has 8 nitrogen and oxygen atoms in total. The number of aliphatic imine (C=N–C) groups is 1. The molecule has 0 aliphatic rings. The Kier molecular flexibility index (Phi) is 7.39. The minimum absolute atomic E-state index is 0. The Morgan fingerprint density at radius 3 is 2.77 bits per heavy atom. The first kappa shape index (κ1) is 21.8. The number of nitrogens with one attached hydrogen (secondary N) is 2. The highest BCUT2D eigenvalue weighted by Gasteiger charge is 2.13. The van der Waals surface area contributed by atoms with Crippen LogP contribution >= 0.6 is 24.0 Å². The van der Waals surface area contributed by atoms with E-state index in [1.54, 1.807) is 13.2 Å². The van der Waals surface area contributed by atoms with Gasteiger partial charge in [-0.2, -0.15) is 4.98 Å². The molecule has 0 radical (unpaired) electrons. The maximum Gasteiger partial charge on any atom is 0.276 e. The van der Waals surface area contributed by atoms with Gasteiger partial charge in [-0.1, -0.05) is 29.4 Å². The standard InChI is InChI=1S/C21H22N6O2.HI/c1-14(18-13-15-7-3-4-9-17(15)28-18)25-21(22-2)24-12-10-19-26-20(29-27-19)16-8-5-6-11-23-16;/h3-9,11,13-14H,10,12H2,1-2H3,(H2,22,24,25);1H. The largest absolute Gasteiger partial charge is 0.459 e. The minimum atomic E-state index is -0.0328. The number of para-hydroxylation sites is 1. The molecule has 4 aromatic rings. The lowest BCUT2D eigenvalue weighted by Gasteiger charge is -2.15. The summed E-state index contributed by atoms with van der Waals surface area (Å²) < 4.78 is 11.2. The summed E-state index contributed by atoms with van der Waals surface area (Å²) in [6.45, 7) is 2.64. The second-order valence-corrected chi connectivity index (χ2v) is 6.53. The van der Waals surface area contributed by atoms with Gasteiger partial charge in [0.25, 0.3) is 5.89 Å². The Morgan fingerprint density at radius 2 is 2.00 bits per heavy atom. The van der Waals surface area contributed by atoms with Crippen LogP contribution in [0.25, 0.3) is 22.6 Å². The SMILES string of the molecule is CN=C(NCCc1noc(-c2ccccn2)n1)NC(C)c1cc2ccccc2o1.I. The maximum atomic E-state index is 5.91. The first-order valence-electron chi connectivity index (χ1n) is 9.42. The van der Waals surface area contributed by atoms with Crippen molar-refractivity contribution in [2.75, 3.05) is 13.6 Å². The van der Waals surface area contributed by atoms with E-state index < -0.39 is 0 Å². The van der Waals surface area contributed by atoms with Crippen LogP contribution in [0.2, 0.25) is 0 Å². The topological polar surface area (TPSA) is 101 Å². The van der Waals surface area contributed by atoms with E-state index >= 15 is 0 Å². The molecule has 156 valence electrons. The van der Waals surface area contributed by atoms with Gasteiger partial charge in [-0.3, -0.25) is 9.98 Å². The number of rotatable bonds is 6. The summed E-state index contributed by atoms with van der Waals surface area (Å²) in [5, 5.41) is 11.7. The van der Waals surface area contributed by atoms with Crippen molar-refractivity contribution in [3.05, 3.63) is 66.3 Å². The summed E-state index contributed by atoms with van der Waals surface area (Å²) in [5.41, 5.74) is 1.54. The third-order valence-corrected chi connectivity index (χ3v) is 4.44. The Morgan fingerprint density at radius 1 is 1.17 bits per heavy atom. The fourth-order valence-corrected chi connectivity index (χ4v) is 2.93. The molecule has 0 fully saturated rings. The minimum Gasteiger partial charge on any atom is -0.459 e. The molecule has 1 unspecified atom stereocenters. The van der Waals surface area contributed by atoms with E-state index in [4.69, 9.17) is 8.94 Å². The van der Waals surface area contributed by atoms with Crippen LogP contribution in [0.5, 0.6) is 0 Å². The second-order valence-electron chi connectivity index (χ2n) is 6.53. The van der Waals surface area contributed by atoms with Gasteiger partial charge in [0, 0.05) is 31.6 Å². The van der Waals surface area contributed by atoms with Crippen LogP contribution in [-0.2, 0) is 6.42 Å². The van der Waals surface area contributed by atoms with Crippen LogP contribution in [-0.4, -0.2) is 34.7 Å². The Balaban J connectivity index is 0.00000256. The van der Waals surface area contributed by atoms with E-state index in [1.165, 1.54) is 0 Å². The normalized spacial score (nSPS) is 12.4. The molecular weight excluding hydrogens is 495 g/mol. The number of halogens is 1. The van der Waals surface area contributed by atoms with E-state index in [0.29, 0.717) is 36.3 Å². The number of furan rings is 1. The number of nitrogens with zero attached hydrogens (tertiary/aromatic N) is 4. The molecule has 30 heavy (non-hydrogen) atoms. The maximum absolute atomic E-state index is 5.91. The Labute approximate surface area is 191 Å². The first-order valence-corrected chi connectivity index (χ1v) is 9.42. The average Bonchev–Trinajstić information content (AvgIpc) is 3.40. The molecule has 1 aromatic carbocycles. The van der Waals surface area contributed by atoms with Gasteiger partial charge in [-0.15, -0.1) is 24.0 Å². The molecule has 0 saturated carbocycles. The zero-order valence-electron chi connectivity index (χ0n) is 16.7. The lowest BCUT2D eigenvalue weighted by molar-refractivity contribution is 0.421. The number of hydrogen-bond donors (Lipinski definition) is 2. The number of benzene rings is 1. The lowest BCUT2D eigenvalue weighted by atomic mass is 10.2. The van der Waals surface area contributed by atoms with Crippen molar-refractivity contribution in [1.29, 1.82) is 0 Å². The van der Waals surface area contributed by atoms with Crippen molar-refractivity contribution < 1.29 is 8.94 Å². The molecule has 0 aliphatic carbocycles. The average molecular weight is 518 g/mol. The molecule has 0 spiro atoms. The van der Waals surface area contributed by atoms with Gasteiger partial charge < -0.3 is 19.6 Å². The highest BCUT2D eigenvalue weighted by Crippen LogP contribution is 2.23. The van der Waals surface area contributed by atoms with E-state index in [-0.39, 0.29) is 30.0 Å². The van der Waals surface area contributed by atoms with Gasteiger partial charge >= 0.3 is 0 Å². The Bertz CT molecular complexity index is 1080. The van der Waals surface area contributed by atoms with Gasteiger partial charge in [0.2, 0.25) is 0 Å². The molecular formula is C21H23IN6O2. The predicted molar refractivity (Wildman–Crippen MR) is 126 cm³/mol. The highest BCUT2D eigenvalue weighted by atomic mass is 127. The number of aromatic nitrogens is 3. The van der Waals surface area contributed by atoms with Gasteiger partial charge in [-0.25, -0.2) is 0 Å². The van der Waals surface area contributed by atoms with E-state index in [9.17, 15) is 0 Å².